The number of hydrogen-bond acceptors (Lipinski definition) is 4. The minimum absolute atomic E-state index is 0.127. The third-order valence-electron chi connectivity index (χ3n) is 2.91. The molecule has 0 aliphatic rings. The molecule has 0 amide bonds. The van der Waals surface area contributed by atoms with Crippen LogP contribution in [0.15, 0.2) is 35.1 Å². The fourth-order valence-electron chi connectivity index (χ4n) is 1.92. The summed E-state index contributed by atoms with van der Waals surface area (Å²) in [6.07, 6.45) is 0. The van der Waals surface area contributed by atoms with E-state index in [0.29, 0.717) is 18.2 Å². The maximum Gasteiger partial charge on any atom is 0.252 e. The zero-order valence-electron chi connectivity index (χ0n) is 11.2. The SMILES string of the molecule is CCN(Cc1ccc(N)cc1)c1cc(=O)[nH]c(C)n1. The van der Waals surface area contributed by atoms with Crippen molar-refractivity contribution in [3.05, 3.63) is 52.1 Å². The van der Waals surface area contributed by atoms with Crippen molar-refractivity contribution in [2.75, 3.05) is 17.2 Å². The Morgan fingerprint density at radius 3 is 2.58 bits per heavy atom. The second-order valence-electron chi connectivity index (χ2n) is 4.44. The molecule has 2 aromatic rings. The Labute approximate surface area is 112 Å². The third-order valence-corrected chi connectivity index (χ3v) is 2.91. The fourth-order valence-corrected chi connectivity index (χ4v) is 1.92. The van der Waals surface area contributed by atoms with E-state index in [1.165, 1.54) is 6.07 Å². The summed E-state index contributed by atoms with van der Waals surface area (Å²) in [7, 11) is 0. The zero-order chi connectivity index (χ0) is 13.8. The molecule has 0 spiro atoms. The summed E-state index contributed by atoms with van der Waals surface area (Å²) < 4.78 is 0. The topological polar surface area (TPSA) is 75.0 Å². The highest BCUT2D eigenvalue weighted by molar-refractivity contribution is 5.42. The minimum atomic E-state index is -0.127. The van der Waals surface area contributed by atoms with Crippen LogP contribution in [0.25, 0.3) is 0 Å². The first kappa shape index (κ1) is 13.1. The van der Waals surface area contributed by atoms with Crippen molar-refractivity contribution in [3.63, 3.8) is 0 Å². The molecular weight excluding hydrogens is 240 g/mol. The molecule has 19 heavy (non-hydrogen) atoms. The molecule has 0 radical (unpaired) electrons. The van der Waals surface area contributed by atoms with Gasteiger partial charge in [-0.15, -0.1) is 0 Å². The Morgan fingerprint density at radius 2 is 2.00 bits per heavy atom. The second kappa shape index (κ2) is 5.56. The van der Waals surface area contributed by atoms with Crippen molar-refractivity contribution in [1.82, 2.24) is 9.97 Å². The van der Waals surface area contributed by atoms with E-state index in [1.54, 1.807) is 6.92 Å². The quantitative estimate of drug-likeness (QED) is 0.818. The monoisotopic (exact) mass is 258 g/mol. The van der Waals surface area contributed by atoms with Gasteiger partial charge in [-0.25, -0.2) is 4.98 Å². The largest absolute Gasteiger partial charge is 0.399 e. The molecular formula is C14H18N4O. The van der Waals surface area contributed by atoms with E-state index in [0.717, 1.165) is 17.8 Å². The molecule has 5 heteroatoms. The summed E-state index contributed by atoms with van der Waals surface area (Å²) in [6.45, 7) is 5.30. The number of H-pyrrole nitrogens is 1. The summed E-state index contributed by atoms with van der Waals surface area (Å²) in [5, 5.41) is 0. The molecule has 0 bridgehead atoms. The molecule has 0 aliphatic heterocycles. The van der Waals surface area contributed by atoms with Gasteiger partial charge < -0.3 is 15.6 Å². The van der Waals surface area contributed by atoms with Crippen molar-refractivity contribution in [3.8, 4) is 0 Å². The highest BCUT2D eigenvalue weighted by Gasteiger charge is 2.08. The summed E-state index contributed by atoms with van der Waals surface area (Å²) in [5.74, 6) is 1.32. The van der Waals surface area contributed by atoms with Gasteiger partial charge in [-0.1, -0.05) is 12.1 Å². The van der Waals surface area contributed by atoms with Crippen LogP contribution in [0.4, 0.5) is 11.5 Å². The van der Waals surface area contributed by atoms with Crippen LogP contribution in [-0.4, -0.2) is 16.5 Å². The van der Waals surface area contributed by atoms with Gasteiger partial charge >= 0.3 is 0 Å². The summed E-state index contributed by atoms with van der Waals surface area (Å²) in [5.41, 5.74) is 7.42. The molecule has 0 saturated heterocycles. The molecule has 1 aromatic heterocycles. The lowest BCUT2D eigenvalue weighted by molar-refractivity contribution is 0.801. The molecule has 3 N–H and O–H groups in total. The molecule has 100 valence electrons. The highest BCUT2D eigenvalue weighted by atomic mass is 16.1. The van der Waals surface area contributed by atoms with Crippen LogP contribution in [-0.2, 0) is 6.54 Å². The van der Waals surface area contributed by atoms with Gasteiger partial charge in [0.15, 0.2) is 0 Å². The van der Waals surface area contributed by atoms with Crippen molar-refractivity contribution < 1.29 is 0 Å². The minimum Gasteiger partial charge on any atom is -0.399 e. The van der Waals surface area contributed by atoms with Crippen LogP contribution in [0.3, 0.4) is 0 Å². The Balaban J connectivity index is 2.24. The third kappa shape index (κ3) is 3.34. The smallest absolute Gasteiger partial charge is 0.252 e. The Bertz CT molecular complexity index is 604. The van der Waals surface area contributed by atoms with Gasteiger partial charge in [0.05, 0.1) is 0 Å². The van der Waals surface area contributed by atoms with Crippen molar-refractivity contribution in [2.24, 2.45) is 0 Å². The van der Waals surface area contributed by atoms with E-state index in [2.05, 4.69) is 9.97 Å². The average Bonchev–Trinajstić information content (AvgIpc) is 2.37. The lowest BCUT2D eigenvalue weighted by atomic mass is 10.2. The van der Waals surface area contributed by atoms with E-state index >= 15 is 0 Å². The molecule has 5 nitrogen and oxygen atoms in total. The zero-order valence-corrected chi connectivity index (χ0v) is 11.2. The number of benzene rings is 1. The van der Waals surface area contributed by atoms with Crippen LogP contribution in [0.1, 0.15) is 18.3 Å². The normalized spacial score (nSPS) is 10.4. The van der Waals surface area contributed by atoms with Crippen LogP contribution in [0.2, 0.25) is 0 Å². The molecule has 0 atom stereocenters. The van der Waals surface area contributed by atoms with Gasteiger partial charge in [-0.2, -0.15) is 0 Å². The predicted molar refractivity (Wildman–Crippen MR) is 77.2 cm³/mol. The lowest BCUT2D eigenvalue weighted by Crippen LogP contribution is -2.25. The maximum atomic E-state index is 11.5. The van der Waals surface area contributed by atoms with Crippen LogP contribution < -0.4 is 16.2 Å². The number of aromatic amines is 1. The number of anilines is 2. The number of nitrogens with one attached hydrogen (secondary N) is 1. The number of nitrogens with zero attached hydrogens (tertiary/aromatic N) is 2. The molecule has 1 aromatic carbocycles. The number of rotatable bonds is 4. The first-order chi connectivity index (χ1) is 9.08. The Kier molecular flexibility index (Phi) is 3.85. The van der Waals surface area contributed by atoms with Crippen LogP contribution >= 0.6 is 0 Å². The van der Waals surface area contributed by atoms with E-state index in [9.17, 15) is 4.79 Å². The lowest BCUT2D eigenvalue weighted by Gasteiger charge is -2.22. The van der Waals surface area contributed by atoms with E-state index in [1.807, 2.05) is 36.1 Å². The fraction of sp³-hybridized carbons (Fsp3) is 0.286. The van der Waals surface area contributed by atoms with Crippen molar-refractivity contribution >= 4 is 11.5 Å². The van der Waals surface area contributed by atoms with Gasteiger partial charge in [-0.05, 0) is 31.5 Å². The van der Waals surface area contributed by atoms with E-state index in [4.69, 9.17) is 5.73 Å². The number of aromatic nitrogens is 2. The van der Waals surface area contributed by atoms with Gasteiger partial charge in [0, 0.05) is 24.8 Å². The Hall–Kier alpha value is -2.30. The van der Waals surface area contributed by atoms with Crippen LogP contribution in [0.5, 0.6) is 0 Å². The standard InChI is InChI=1S/C14H18N4O/c1-3-18(9-11-4-6-12(15)7-5-11)13-8-14(19)17-10(2)16-13/h4-8H,3,9,15H2,1-2H3,(H,16,17,19). The van der Waals surface area contributed by atoms with Crippen LogP contribution in [0, 0.1) is 6.92 Å². The molecule has 0 unspecified atom stereocenters. The highest BCUT2D eigenvalue weighted by Crippen LogP contribution is 2.14. The van der Waals surface area contributed by atoms with Crippen molar-refractivity contribution in [2.45, 2.75) is 20.4 Å². The molecule has 2 rings (SSSR count). The number of nitrogens with two attached hydrogens (primary N) is 1. The summed E-state index contributed by atoms with van der Waals surface area (Å²) in [4.78, 5) is 20.6. The molecule has 1 heterocycles. The van der Waals surface area contributed by atoms with Gasteiger partial charge in [-0.3, -0.25) is 4.79 Å². The van der Waals surface area contributed by atoms with Gasteiger partial charge in [0.1, 0.15) is 11.6 Å². The molecule has 0 fully saturated rings. The van der Waals surface area contributed by atoms with Gasteiger partial charge in [0.25, 0.3) is 5.56 Å². The number of hydrogen-bond donors (Lipinski definition) is 2. The number of aryl methyl sites for hydroxylation is 1. The van der Waals surface area contributed by atoms with Crippen molar-refractivity contribution in [1.29, 1.82) is 0 Å². The van der Waals surface area contributed by atoms with E-state index < -0.39 is 0 Å². The average molecular weight is 258 g/mol. The first-order valence-corrected chi connectivity index (χ1v) is 6.26. The number of nitrogen functional groups attached to an aromatic ring is 1. The maximum absolute atomic E-state index is 11.5. The van der Waals surface area contributed by atoms with E-state index in [-0.39, 0.29) is 5.56 Å². The second-order valence-corrected chi connectivity index (χ2v) is 4.44. The summed E-state index contributed by atoms with van der Waals surface area (Å²) >= 11 is 0. The first-order valence-electron chi connectivity index (χ1n) is 6.26. The predicted octanol–water partition coefficient (Wildman–Crippen LogP) is 1.69. The molecule has 0 saturated carbocycles. The van der Waals surface area contributed by atoms with Gasteiger partial charge in [0.2, 0.25) is 0 Å². The summed E-state index contributed by atoms with van der Waals surface area (Å²) in [6, 6.07) is 9.24. The Morgan fingerprint density at radius 1 is 1.32 bits per heavy atom. The molecule has 0 aliphatic carbocycles.